The molecule has 5 heteroatoms. The quantitative estimate of drug-likeness (QED) is 0.458. The maximum atomic E-state index is 6.21. The Morgan fingerprint density at radius 2 is 2.00 bits per heavy atom. The van der Waals surface area contributed by atoms with Crippen LogP contribution in [0.2, 0.25) is 0 Å². The van der Waals surface area contributed by atoms with Crippen molar-refractivity contribution in [3.63, 3.8) is 0 Å². The summed E-state index contributed by atoms with van der Waals surface area (Å²) in [5.41, 5.74) is 1.79. The molecule has 1 aromatic heterocycles. The van der Waals surface area contributed by atoms with Gasteiger partial charge in [-0.3, -0.25) is 0 Å². The van der Waals surface area contributed by atoms with Crippen LogP contribution in [-0.2, 0) is 0 Å². The third-order valence-electron chi connectivity index (χ3n) is 5.36. The van der Waals surface area contributed by atoms with Crippen molar-refractivity contribution in [2.75, 3.05) is 13.6 Å². The number of aromatic nitrogens is 1. The van der Waals surface area contributed by atoms with E-state index in [1.807, 2.05) is 27.0 Å². The highest BCUT2D eigenvalue weighted by atomic mass is 79.9. The van der Waals surface area contributed by atoms with Crippen LogP contribution in [0.15, 0.2) is 15.5 Å². The maximum absolute atomic E-state index is 6.21. The normalized spacial score (nSPS) is 21.5. The van der Waals surface area contributed by atoms with E-state index in [2.05, 4.69) is 46.6 Å². The lowest BCUT2D eigenvalue weighted by Crippen LogP contribution is -2.26. The molecule has 1 saturated carbocycles. The molecule has 1 aliphatic rings. The Morgan fingerprint density at radius 3 is 2.56 bits per heavy atom. The highest BCUT2D eigenvalue weighted by molar-refractivity contribution is 9.10. The van der Waals surface area contributed by atoms with E-state index in [1.165, 1.54) is 12.8 Å². The molecule has 0 amide bonds. The van der Waals surface area contributed by atoms with E-state index in [-0.39, 0.29) is 6.10 Å². The van der Waals surface area contributed by atoms with Gasteiger partial charge in [-0.25, -0.2) is 9.98 Å². The minimum atomic E-state index is 0.278. The summed E-state index contributed by atoms with van der Waals surface area (Å²) in [5.74, 6) is 3.30. The van der Waals surface area contributed by atoms with Gasteiger partial charge in [-0.2, -0.15) is 0 Å². The van der Waals surface area contributed by atoms with Gasteiger partial charge in [0, 0.05) is 13.6 Å². The lowest BCUT2D eigenvalue weighted by molar-refractivity contribution is 0.111. The average molecular weight is 410 g/mol. The van der Waals surface area contributed by atoms with Gasteiger partial charge in [0.1, 0.15) is 11.9 Å². The fraction of sp³-hybridized carbons (Fsp3) is 0.700. The molecule has 1 heterocycles. The molecule has 0 atom stereocenters. The topological polar surface area (TPSA) is 37.7 Å². The molecule has 0 aromatic carbocycles. The van der Waals surface area contributed by atoms with E-state index in [4.69, 9.17) is 9.73 Å². The van der Waals surface area contributed by atoms with Gasteiger partial charge in [-0.05, 0) is 80.3 Å². The average Bonchev–Trinajstić information content (AvgIpc) is 2.58. The second-order valence-electron chi connectivity index (χ2n) is 7.45. The third kappa shape index (κ3) is 5.44. The van der Waals surface area contributed by atoms with Gasteiger partial charge in [-0.15, -0.1) is 0 Å². The molecule has 0 spiro atoms. The summed E-state index contributed by atoms with van der Waals surface area (Å²) >= 11 is 3.62. The van der Waals surface area contributed by atoms with E-state index in [9.17, 15) is 0 Å². The fourth-order valence-corrected chi connectivity index (χ4v) is 3.66. The SMILES string of the molecule is CCN(C)C(C)=Nc1cc(Br)c(OC2CCC(C(C)C)CC2)nc1C. The van der Waals surface area contributed by atoms with Crippen LogP contribution < -0.4 is 4.74 Å². The smallest absolute Gasteiger partial charge is 0.228 e. The lowest BCUT2D eigenvalue weighted by Gasteiger charge is -2.31. The van der Waals surface area contributed by atoms with Crippen LogP contribution in [0.3, 0.4) is 0 Å². The Balaban J connectivity index is 2.07. The second-order valence-corrected chi connectivity index (χ2v) is 8.31. The van der Waals surface area contributed by atoms with Crippen LogP contribution in [0.5, 0.6) is 5.88 Å². The maximum Gasteiger partial charge on any atom is 0.228 e. The van der Waals surface area contributed by atoms with Gasteiger partial charge in [-0.1, -0.05) is 13.8 Å². The minimum Gasteiger partial charge on any atom is -0.474 e. The van der Waals surface area contributed by atoms with E-state index in [0.717, 1.165) is 52.9 Å². The molecule has 0 N–H and O–H groups in total. The number of amidine groups is 1. The van der Waals surface area contributed by atoms with Gasteiger partial charge in [0.05, 0.1) is 15.9 Å². The monoisotopic (exact) mass is 409 g/mol. The van der Waals surface area contributed by atoms with Crippen LogP contribution >= 0.6 is 15.9 Å². The van der Waals surface area contributed by atoms with Gasteiger partial charge >= 0.3 is 0 Å². The Bertz CT molecular complexity index is 607. The first-order chi connectivity index (χ1) is 11.8. The highest BCUT2D eigenvalue weighted by Crippen LogP contribution is 2.35. The van der Waals surface area contributed by atoms with E-state index in [1.54, 1.807) is 0 Å². The van der Waals surface area contributed by atoms with Gasteiger partial charge < -0.3 is 9.64 Å². The fourth-order valence-electron chi connectivity index (χ4n) is 3.26. The van der Waals surface area contributed by atoms with Crippen molar-refractivity contribution in [3.8, 4) is 5.88 Å². The molecule has 25 heavy (non-hydrogen) atoms. The molecule has 0 bridgehead atoms. The summed E-state index contributed by atoms with van der Waals surface area (Å²) in [7, 11) is 2.04. The molecule has 0 saturated heterocycles. The number of pyridine rings is 1. The zero-order valence-electron chi connectivity index (χ0n) is 16.5. The van der Waals surface area contributed by atoms with Crippen molar-refractivity contribution in [1.82, 2.24) is 9.88 Å². The van der Waals surface area contributed by atoms with Crippen molar-refractivity contribution in [2.45, 2.75) is 66.4 Å². The standard InChI is InChI=1S/C20H32BrN3O/c1-7-24(6)15(5)23-19-12-18(21)20(22-14(19)4)25-17-10-8-16(9-11-17)13(2)3/h12-13,16-17H,7-11H2,1-6H3. The Morgan fingerprint density at radius 1 is 1.36 bits per heavy atom. The highest BCUT2D eigenvalue weighted by Gasteiger charge is 2.25. The second kappa shape index (κ2) is 9.02. The first kappa shape index (κ1) is 20.2. The third-order valence-corrected chi connectivity index (χ3v) is 5.92. The molecule has 0 radical (unpaired) electrons. The molecular formula is C20H32BrN3O. The Labute approximate surface area is 161 Å². The zero-order valence-corrected chi connectivity index (χ0v) is 18.1. The molecular weight excluding hydrogens is 378 g/mol. The van der Waals surface area contributed by atoms with Crippen LogP contribution in [0.1, 0.15) is 59.1 Å². The van der Waals surface area contributed by atoms with Crippen molar-refractivity contribution < 1.29 is 4.74 Å². The number of hydrogen-bond acceptors (Lipinski definition) is 3. The summed E-state index contributed by atoms with van der Waals surface area (Å²) in [6, 6.07) is 2.02. The van der Waals surface area contributed by atoms with E-state index >= 15 is 0 Å². The zero-order chi connectivity index (χ0) is 18.6. The predicted octanol–water partition coefficient (Wildman–Crippen LogP) is 5.75. The van der Waals surface area contributed by atoms with Gasteiger partial charge in [0.25, 0.3) is 0 Å². The van der Waals surface area contributed by atoms with Gasteiger partial charge in [0.2, 0.25) is 5.88 Å². The van der Waals surface area contributed by atoms with Crippen LogP contribution in [-0.4, -0.2) is 35.4 Å². The Kier molecular flexibility index (Phi) is 7.29. The molecule has 1 aromatic rings. The molecule has 2 rings (SSSR count). The van der Waals surface area contributed by atoms with Crippen LogP contribution in [0.4, 0.5) is 5.69 Å². The van der Waals surface area contributed by atoms with Crippen molar-refractivity contribution in [2.24, 2.45) is 16.8 Å². The largest absolute Gasteiger partial charge is 0.474 e. The van der Waals surface area contributed by atoms with E-state index in [0.29, 0.717) is 5.88 Å². The summed E-state index contributed by atoms with van der Waals surface area (Å²) in [4.78, 5) is 11.5. The number of rotatable bonds is 5. The molecule has 0 unspecified atom stereocenters. The van der Waals surface area contributed by atoms with Crippen LogP contribution in [0, 0.1) is 18.8 Å². The van der Waals surface area contributed by atoms with Crippen molar-refractivity contribution >= 4 is 27.5 Å². The number of aryl methyl sites for hydroxylation is 1. The summed E-state index contributed by atoms with van der Waals surface area (Å²) in [6.07, 6.45) is 5.03. The summed E-state index contributed by atoms with van der Waals surface area (Å²) < 4.78 is 7.09. The van der Waals surface area contributed by atoms with Crippen molar-refractivity contribution in [3.05, 3.63) is 16.2 Å². The molecule has 4 nitrogen and oxygen atoms in total. The van der Waals surface area contributed by atoms with Crippen molar-refractivity contribution in [1.29, 1.82) is 0 Å². The number of nitrogens with zero attached hydrogens (tertiary/aromatic N) is 3. The molecule has 140 valence electrons. The number of hydrogen-bond donors (Lipinski definition) is 0. The minimum absolute atomic E-state index is 0.278. The molecule has 1 aliphatic carbocycles. The number of aliphatic imine (C=N–C) groups is 1. The molecule has 1 fully saturated rings. The number of halogens is 1. The predicted molar refractivity (Wildman–Crippen MR) is 109 cm³/mol. The van der Waals surface area contributed by atoms with Crippen LogP contribution in [0.25, 0.3) is 0 Å². The molecule has 0 aliphatic heterocycles. The summed E-state index contributed by atoms with van der Waals surface area (Å²) in [5, 5.41) is 0. The summed E-state index contributed by atoms with van der Waals surface area (Å²) in [6.45, 7) is 11.7. The van der Waals surface area contributed by atoms with Gasteiger partial charge in [0.15, 0.2) is 0 Å². The lowest BCUT2D eigenvalue weighted by atomic mass is 9.80. The number of ether oxygens (including phenoxy) is 1. The first-order valence-corrected chi connectivity index (χ1v) is 10.2. The Hall–Kier alpha value is -1.10. The first-order valence-electron chi connectivity index (χ1n) is 9.42. The van der Waals surface area contributed by atoms with E-state index < -0.39 is 0 Å².